The molecule has 0 bridgehead atoms. The van der Waals surface area contributed by atoms with Gasteiger partial charge in [-0.15, -0.1) is 6.58 Å². The molecule has 1 rings (SSSR count). The van der Waals surface area contributed by atoms with Crippen LogP contribution in [0.5, 0.6) is 0 Å². The summed E-state index contributed by atoms with van der Waals surface area (Å²) < 4.78 is 0. The van der Waals surface area contributed by atoms with Gasteiger partial charge in [0.25, 0.3) is 0 Å². The lowest BCUT2D eigenvalue weighted by molar-refractivity contribution is 0.110. The molecule has 1 aliphatic rings. The second kappa shape index (κ2) is 4.10. The smallest absolute Gasteiger partial charge is 0.0835 e. The van der Waals surface area contributed by atoms with Crippen molar-refractivity contribution in [1.82, 2.24) is 0 Å². The lowest BCUT2D eigenvalue weighted by atomic mass is 9.79. The van der Waals surface area contributed by atoms with Crippen LogP contribution in [0.15, 0.2) is 24.3 Å². The van der Waals surface area contributed by atoms with E-state index in [2.05, 4.69) is 12.7 Å². The van der Waals surface area contributed by atoms with E-state index in [1.807, 2.05) is 19.9 Å². The first kappa shape index (κ1) is 10.5. The van der Waals surface area contributed by atoms with Gasteiger partial charge in [-0.1, -0.05) is 26.0 Å². The van der Waals surface area contributed by atoms with Crippen LogP contribution in [0.1, 0.15) is 39.5 Å². The van der Waals surface area contributed by atoms with Crippen LogP contribution < -0.4 is 0 Å². The lowest BCUT2D eigenvalue weighted by Crippen LogP contribution is -2.29. The summed E-state index contributed by atoms with van der Waals surface area (Å²) in [7, 11) is 0. The molecule has 1 atom stereocenters. The van der Waals surface area contributed by atoms with Crippen LogP contribution in [-0.4, -0.2) is 11.2 Å². The summed E-state index contributed by atoms with van der Waals surface area (Å²) in [4.78, 5) is 0. The van der Waals surface area contributed by atoms with E-state index >= 15 is 0 Å². The number of rotatable bonds is 3. The molecule has 0 aliphatic heterocycles. The fourth-order valence-corrected chi connectivity index (χ4v) is 1.70. The average Bonchev–Trinajstić information content (AvgIpc) is 2.18. The van der Waals surface area contributed by atoms with Crippen molar-refractivity contribution in [3.63, 3.8) is 0 Å². The van der Waals surface area contributed by atoms with Crippen molar-refractivity contribution in [2.75, 3.05) is 0 Å². The van der Waals surface area contributed by atoms with Crippen LogP contribution in [0.2, 0.25) is 0 Å². The fourth-order valence-electron chi connectivity index (χ4n) is 1.70. The molecule has 0 saturated heterocycles. The molecule has 1 unspecified atom stereocenters. The fraction of sp³-hybridized carbons (Fsp3) is 0.667. The molecule has 0 radical (unpaired) electrons. The highest BCUT2D eigenvalue weighted by atomic mass is 16.3. The van der Waals surface area contributed by atoms with Gasteiger partial charge in [0.15, 0.2) is 0 Å². The number of allylic oxidation sites excluding steroid dienone is 1. The maximum Gasteiger partial charge on any atom is 0.0835 e. The maximum atomic E-state index is 10.1. The van der Waals surface area contributed by atoms with Gasteiger partial charge in [-0.3, -0.25) is 0 Å². The van der Waals surface area contributed by atoms with E-state index in [0.29, 0.717) is 0 Å². The topological polar surface area (TPSA) is 20.2 Å². The minimum absolute atomic E-state index is 0.191. The molecule has 0 saturated carbocycles. The van der Waals surface area contributed by atoms with Gasteiger partial charge in [0.1, 0.15) is 0 Å². The Labute approximate surface area is 81.2 Å². The molecule has 1 N–H and O–H groups in total. The van der Waals surface area contributed by atoms with Gasteiger partial charge in [0.2, 0.25) is 0 Å². The van der Waals surface area contributed by atoms with Crippen molar-refractivity contribution in [3.8, 4) is 0 Å². The monoisotopic (exact) mass is 180 g/mol. The summed E-state index contributed by atoms with van der Waals surface area (Å²) in [6.45, 7) is 7.82. The maximum absolute atomic E-state index is 10.1. The van der Waals surface area contributed by atoms with Crippen LogP contribution in [0.4, 0.5) is 0 Å². The first-order chi connectivity index (χ1) is 6.08. The largest absolute Gasteiger partial charge is 0.388 e. The zero-order valence-electron chi connectivity index (χ0n) is 8.71. The molecule has 0 aromatic carbocycles. The first-order valence-electron chi connectivity index (χ1n) is 5.08. The Morgan fingerprint density at radius 2 is 2.23 bits per heavy atom. The van der Waals surface area contributed by atoms with E-state index < -0.39 is 0 Å². The highest BCUT2D eigenvalue weighted by molar-refractivity contribution is 5.16. The Balaban J connectivity index is 2.70. The Kier molecular flexibility index (Phi) is 3.32. The quantitative estimate of drug-likeness (QED) is 0.662. The summed E-state index contributed by atoms with van der Waals surface area (Å²) in [5.41, 5.74) is 1.01. The van der Waals surface area contributed by atoms with Gasteiger partial charge in [-0.25, -0.2) is 0 Å². The third-order valence-electron chi connectivity index (χ3n) is 2.91. The Morgan fingerprint density at radius 3 is 2.69 bits per heavy atom. The predicted octanol–water partition coefficient (Wildman–Crippen LogP) is 3.06. The molecule has 0 spiro atoms. The predicted molar refractivity (Wildman–Crippen MR) is 56.5 cm³/mol. The molecular weight excluding hydrogens is 160 g/mol. The van der Waals surface area contributed by atoms with Gasteiger partial charge in [0, 0.05) is 5.41 Å². The number of hydrogen-bond acceptors (Lipinski definition) is 1. The van der Waals surface area contributed by atoms with Crippen LogP contribution in [-0.2, 0) is 0 Å². The van der Waals surface area contributed by atoms with Crippen LogP contribution >= 0.6 is 0 Å². The zero-order valence-corrected chi connectivity index (χ0v) is 8.71. The zero-order chi connectivity index (χ0) is 9.90. The van der Waals surface area contributed by atoms with E-state index in [4.69, 9.17) is 0 Å². The standard InChI is InChI=1S/C12H20O/c1-4-12(2,3)11(13)10-8-6-5-7-9-10/h4,8,11,13H,1,5-7,9H2,2-3H3. The lowest BCUT2D eigenvalue weighted by Gasteiger charge is -2.30. The van der Waals surface area contributed by atoms with E-state index in [9.17, 15) is 5.11 Å². The number of hydrogen-bond donors (Lipinski definition) is 1. The molecular formula is C12H20O. The molecule has 13 heavy (non-hydrogen) atoms. The van der Waals surface area contributed by atoms with Crippen molar-refractivity contribution in [2.24, 2.45) is 5.41 Å². The Morgan fingerprint density at radius 1 is 1.54 bits per heavy atom. The molecule has 0 aromatic heterocycles. The van der Waals surface area contributed by atoms with E-state index in [1.54, 1.807) is 0 Å². The summed E-state index contributed by atoms with van der Waals surface area (Å²) in [6.07, 6.45) is 8.36. The van der Waals surface area contributed by atoms with E-state index in [0.717, 1.165) is 12.8 Å². The number of aliphatic hydroxyl groups is 1. The van der Waals surface area contributed by atoms with Gasteiger partial charge in [-0.2, -0.15) is 0 Å². The second-order valence-corrected chi connectivity index (χ2v) is 4.45. The third kappa shape index (κ3) is 2.44. The molecule has 0 aromatic rings. The van der Waals surface area contributed by atoms with Gasteiger partial charge >= 0.3 is 0 Å². The first-order valence-corrected chi connectivity index (χ1v) is 5.08. The van der Waals surface area contributed by atoms with Gasteiger partial charge < -0.3 is 5.11 Å². The molecule has 0 fully saturated rings. The minimum atomic E-state index is -0.342. The van der Waals surface area contributed by atoms with Gasteiger partial charge in [0.05, 0.1) is 6.10 Å². The molecule has 0 heterocycles. The van der Waals surface area contributed by atoms with Crippen LogP contribution in [0.25, 0.3) is 0 Å². The number of aliphatic hydroxyl groups excluding tert-OH is 1. The van der Waals surface area contributed by atoms with Crippen molar-refractivity contribution in [2.45, 2.75) is 45.6 Å². The van der Waals surface area contributed by atoms with Crippen LogP contribution in [0, 0.1) is 5.41 Å². The Hall–Kier alpha value is -0.560. The molecule has 1 heteroatoms. The molecule has 74 valence electrons. The van der Waals surface area contributed by atoms with Crippen molar-refractivity contribution in [3.05, 3.63) is 24.3 Å². The highest BCUT2D eigenvalue weighted by Gasteiger charge is 2.27. The van der Waals surface area contributed by atoms with E-state index in [1.165, 1.54) is 18.4 Å². The summed E-state index contributed by atoms with van der Waals surface area (Å²) in [6, 6.07) is 0. The van der Waals surface area contributed by atoms with Crippen molar-refractivity contribution >= 4 is 0 Å². The van der Waals surface area contributed by atoms with Gasteiger partial charge in [-0.05, 0) is 31.3 Å². The molecule has 1 aliphatic carbocycles. The highest BCUT2D eigenvalue weighted by Crippen LogP contribution is 2.31. The minimum Gasteiger partial charge on any atom is -0.388 e. The Bertz CT molecular complexity index is 213. The molecule has 1 nitrogen and oxygen atoms in total. The summed E-state index contributed by atoms with van der Waals surface area (Å²) in [5.74, 6) is 0. The van der Waals surface area contributed by atoms with E-state index in [-0.39, 0.29) is 11.5 Å². The SMILES string of the molecule is C=CC(C)(C)C(O)C1=CCCCC1. The molecule has 0 amide bonds. The van der Waals surface area contributed by atoms with Crippen LogP contribution in [0.3, 0.4) is 0 Å². The van der Waals surface area contributed by atoms with Crippen molar-refractivity contribution in [1.29, 1.82) is 0 Å². The summed E-state index contributed by atoms with van der Waals surface area (Å²) in [5, 5.41) is 10.1. The second-order valence-electron chi connectivity index (χ2n) is 4.45. The summed E-state index contributed by atoms with van der Waals surface area (Å²) >= 11 is 0. The van der Waals surface area contributed by atoms with Crippen molar-refractivity contribution < 1.29 is 5.11 Å². The average molecular weight is 180 g/mol. The normalized spacial score (nSPS) is 20.7. The third-order valence-corrected chi connectivity index (χ3v) is 2.91.